The Morgan fingerprint density at radius 2 is 2.25 bits per heavy atom. The van der Waals surface area contributed by atoms with Crippen molar-refractivity contribution in [3.05, 3.63) is 11.6 Å². The Kier molecular flexibility index (Phi) is 4.61. The van der Waals surface area contributed by atoms with Crippen molar-refractivity contribution in [2.45, 2.75) is 25.0 Å². The predicted octanol–water partition coefficient (Wildman–Crippen LogP) is -0.0953. The van der Waals surface area contributed by atoms with Crippen LogP contribution in [0.3, 0.4) is 0 Å². The number of β-amino-alcohol motifs (C(OH)–C–C–N with tert-alkyl or cyclic N) is 1. The first-order valence-electron chi connectivity index (χ1n) is 6.66. The quantitative estimate of drug-likeness (QED) is 0.707. The van der Waals surface area contributed by atoms with E-state index in [0.717, 1.165) is 12.0 Å². The fourth-order valence-electron chi connectivity index (χ4n) is 2.64. The zero-order valence-corrected chi connectivity index (χ0v) is 11.5. The molecule has 2 heterocycles. The summed E-state index contributed by atoms with van der Waals surface area (Å²) in [5, 5.41) is 18.7. The molecule has 7 heteroatoms. The van der Waals surface area contributed by atoms with Gasteiger partial charge in [0, 0.05) is 33.2 Å². The standard InChI is InChI=1S/C13H20N2O5/c1-20-8-9-2-4-14(5-3-9)13(19)15-7-10(16)6-11(15)12(17)18/h2,10-11,16H,3-8H2,1H3,(H,17,18). The molecule has 0 aromatic heterocycles. The number of carboxylic acids is 1. The van der Waals surface area contributed by atoms with Crippen LogP contribution in [0.4, 0.5) is 4.79 Å². The molecule has 2 amide bonds. The molecular weight excluding hydrogens is 264 g/mol. The van der Waals surface area contributed by atoms with Gasteiger partial charge in [0.15, 0.2) is 0 Å². The molecule has 2 N–H and O–H groups in total. The molecule has 0 bridgehead atoms. The van der Waals surface area contributed by atoms with Gasteiger partial charge in [-0.05, 0) is 12.0 Å². The van der Waals surface area contributed by atoms with Crippen LogP contribution >= 0.6 is 0 Å². The molecule has 2 atom stereocenters. The van der Waals surface area contributed by atoms with Crippen molar-refractivity contribution in [1.82, 2.24) is 9.80 Å². The average molecular weight is 284 g/mol. The molecule has 0 aromatic carbocycles. The van der Waals surface area contributed by atoms with Crippen LogP contribution in [-0.2, 0) is 9.53 Å². The summed E-state index contributed by atoms with van der Waals surface area (Å²) in [5.41, 5.74) is 1.15. The van der Waals surface area contributed by atoms with Crippen LogP contribution in [0, 0.1) is 0 Å². The summed E-state index contributed by atoms with van der Waals surface area (Å²) >= 11 is 0. The first kappa shape index (κ1) is 14.8. The van der Waals surface area contributed by atoms with Crippen molar-refractivity contribution in [1.29, 1.82) is 0 Å². The number of rotatable bonds is 3. The fraction of sp³-hybridized carbons (Fsp3) is 0.692. The molecule has 0 radical (unpaired) electrons. The number of aliphatic hydroxyl groups excluding tert-OH is 1. The molecule has 2 aliphatic rings. The molecule has 0 aromatic rings. The van der Waals surface area contributed by atoms with Gasteiger partial charge in [-0.2, -0.15) is 0 Å². The molecule has 0 spiro atoms. The lowest BCUT2D eigenvalue weighted by atomic mass is 10.1. The molecule has 0 aliphatic carbocycles. The summed E-state index contributed by atoms with van der Waals surface area (Å²) in [4.78, 5) is 26.3. The van der Waals surface area contributed by atoms with E-state index in [2.05, 4.69) is 0 Å². The van der Waals surface area contributed by atoms with Crippen LogP contribution < -0.4 is 0 Å². The lowest BCUT2D eigenvalue weighted by molar-refractivity contribution is -0.141. The second kappa shape index (κ2) is 6.23. The second-order valence-corrected chi connectivity index (χ2v) is 5.17. The van der Waals surface area contributed by atoms with Crippen molar-refractivity contribution in [3.8, 4) is 0 Å². The topological polar surface area (TPSA) is 90.3 Å². The van der Waals surface area contributed by atoms with E-state index in [4.69, 9.17) is 9.84 Å². The minimum atomic E-state index is -1.07. The van der Waals surface area contributed by atoms with Gasteiger partial charge < -0.3 is 24.7 Å². The monoisotopic (exact) mass is 284 g/mol. The highest BCUT2D eigenvalue weighted by Crippen LogP contribution is 2.21. The summed E-state index contributed by atoms with van der Waals surface area (Å²) in [5.74, 6) is -1.07. The lowest BCUT2D eigenvalue weighted by Crippen LogP contribution is -2.49. The number of urea groups is 1. The number of ether oxygens (including phenoxy) is 1. The maximum absolute atomic E-state index is 12.3. The Morgan fingerprint density at radius 3 is 2.80 bits per heavy atom. The molecule has 0 saturated carbocycles. The first-order chi connectivity index (χ1) is 9.52. The Balaban J connectivity index is 1.99. The number of likely N-dealkylation sites (tertiary alicyclic amines) is 1. The molecule has 2 rings (SSSR count). The van der Waals surface area contributed by atoms with Crippen LogP contribution in [0.15, 0.2) is 11.6 Å². The number of nitrogens with zero attached hydrogens (tertiary/aromatic N) is 2. The summed E-state index contributed by atoms with van der Waals surface area (Å²) in [6, 6.07) is -1.25. The second-order valence-electron chi connectivity index (χ2n) is 5.17. The summed E-state index contributed by atoms with van der Waals surface area (Å²) < 4.78 is 5.05. The number of hydrogen-bond donors (Lipinski definition) is 2. The predicted molar refractivity (Wildman–Crippen MR) is 70.3 cm³/mol. The Morgan fingerprint density at radius 1 is 1.50 bits per heavy atom. The van der Waals surface area contributed by atoms with Crippen molar-refractivity contribution < 1.29 is 24.5 Å². The fourth-order valence-corrected chi connectivity index (χ4v) is 2.64. The van der Waals surface area contributed by atoms with E-state index in [1.54, 1.807) is 12.0 Å². The number of amides is 2. The van der Waals surface area contributed by atoms with Crippen molar-refractivity contribution in [2.24, 2.45) is 0 Å². The highest BCUT2D eigenvalue weighted by atomic mass is 16.5. The van der Waals surface area contributed by atoms with Gasteiger partial charge in [0.1, 0.15) is 6.04 Å². The smallest absolute Gasteiger partial charge is 0.326 e. The number of aliphatic carboxylic acids is 1. The third-order valence-electron chi connectivity index (χ3n) is 3.71. The van der Waals surface area contributed by atoms with Gasteiger partial charge in [0.2, 0.25) is 0 Å². The minimum absolute atomic E-state index is 0.0843. The minimum Gasteiger partial charge on any atom is -0.480 e. The summed E-state index contributed by atoms with van der Waals surface area (Å²) in [6.07, 6.45) is 2.00. The van der Waals surface area contributed by atoms with E-state index < -0.39 is 18.1 Å². The van der Waals surface area contributed by atoms with E-state index in [1.807, 2.05) is 6.08 Å². The van der Waals surface area contributed by atoms with Crippen molar-refractivity contribution in [3.63, 3.8) is 0 Å². The third-order valence-corrected chi connectivity index (χ3v) is 3.71. The number of aliphatic hydroxyl groups is 1. The summed E-state index contributed by atoms with van der Waals surface area (Å²) in [7, 11) is 1.63. The molecular formula is C13H20N2O5. The summed E-state index contributed by atoms with van der Waals surface area (Å²) in [6.45, 7) is 1.65. The Labute approximate surface area is 117 Å². The van der Waals surface area contributed by atoms with Gasteiger partial charge in [-0.3, -0.25) is 0 Å². The molecule has 7 nitrogen and oxygen atoms in total. The molecule has 112 valence electrons. The maximum atomic E-state index is 12.3. The van der Waals surface area contributed by atoms with E-state index in [0.29, 0.717) is 19.7 Å². The molecule has 2 aliphatic heterocycles. The first-order valence-corrected chi connectivity index (χ1v) is 6.66. The van der Waals surface area contributed by atoms with Gasteiger partial charge in [-0.15, -0.1) is 0 Å². The van der Waals surface area contributed by atoms with E-state index >= 15 is 0 Å². The van der Waals surface area contributed by atoms with Crippen LogP contribution in [0.1, 0.15) is 12.8 Å². The number of hydrogen-bond acceptors (Lipinski definition) is 4. The van der Waals surface area contributed by atoms with Gasteiger partial charge in [-0.1, -0.05) is 6.08 Å². The molecule has 20 heavy (non-hydrogen) atoms. The third kappa shape index (κ3) is 3.10. The lowest BCUT2D eigenvalue weighted by Gasteiger charge is -2.32. The van der Waals surface area contributed by atoms with Gasteiger partial charge in [0.25, 0.3) is 0 Å². The van der Waals surface area contributed by atoms with E-state index in [-0.39, 0.29) is 19.0 Å². The largest absolute Gasteiger partial charge is 0.480 e. The van der Waals surface area contributed by atoms with Crippen molar-refractivity contribution in [2.75, 3.05) is 33.4 Å². The normalized spacial score (nSPS) is 26.6. The average Bonchev–Trinajstić information content (AvgIpc) is 2.81. The van der Waals surface area contributed by atoms with Crippen molar-refractivity contribution >= 4 is 12.0 Å². The van der Waals surface area contributed by atoms with E-state index in [1.165, 1.54) is 4.90 Å². The van der Waals surface area contributed by atoms with Gasteiger partial charge in [-0.25, -0.2) is 9.59 Å². The SMILES string of the molecule is COCC1=CCN(C(=O)N2CC(O)CC2C(=O)O)CC1. The van der Waals surface area contributed by atoms with Gasteiger partial charge >= 0.3 is 12.0 Å². The molecule has 1 saturated heterocycles. The zero-order valence-electron chi connectivity index (χ0n) is 11.5. The number of carbonyl (C=O) groups excluding carboxylic acids is 1. The molecule has 1 fully saturated rings. The van der Waals surface area contributed by atoms with Gasteiger partial charge in [0.05, 0.1) is 12.7 Å². The number of methoxy groups -OCH3 is 1. The zero-order chi connectivity index (χ0) is 14.7. The number of carboxylic acid groups (broad SMARTS) is 1. The highest BCUT2D eigenvalue weighted by Gasteiger charge is 2.40. The number of carbonyl (C=O) groups is 2. The Hall–Kier alpha value is -1.60. The van der Waals surface area contributed by atoms with Crippen LogP contribution in [0.2, 0.25) is 0 Å². The molecule has 2 unspecified atom stereocenters. The van der Waals surface area contributed by atoms with E-state index in [9.17, 15) is 14.7 Å². The van der Waals surface area contributed by atoms with Crippen LogP contribution in [-0.4, -0.2) is 77.5 Å². The van der Waals surface area contributed by atoms with Crippen LogP contribution in [0.5, 0.6) is 0 Å². The Bertz CT molecular complexity index is 423. The highest BCUT2D eigenvalue weighted by molar-refractivity contribution is 5.83. The van der Waals surface area contributed by atoms with Crippen LogP contribution in [0.25, 0.3) is 0 Å². The maximum Gasteiger partial charge on any atom is 0.326 e.